The maximum absolute atomic E-state index is 12.0. The number of benzene rings is 1. The first kappa shape index (κ1) is 17.9. The van der Waals surface area contributed by atoms with Gasteiger partial charge < -0.3 is 10.6 Å². The Morgan fingerprint density at radius 2 is 2.00 bits per heavy atom. The van der Waals surface area contributed by atoms with Crippen LogP contribution in [0.3, 0.4) is 0 Å². The fourth-order valence-corrected chi connectivity index (χ4v) is 1.95. The van der Waals surface area contributed by atoms with Crippen molar-refractivity contribution >= 4 is 18.3 Å². The lowest BCUT2D eigenvalue weighted by atomic mass is 10.0. The van der Waals surface area contributed by atoms with Gasteiger partial charge in [0.05, 0.1) is 0 Å². The molecule has 0 saturated heterocycles. The van der Waals surface area contributed by atoms with Crippen LogP contribution in [0.25, 0.3) is 0 Å². The largest absolute Gasteiger partial charge is 0.342 e. The van der Waals surface area contributed by atoms with Crippen molar-refractivity contribution in [2.75, 3.05) is 13.6 Å². The van der Waals surface area contributed by atoms with E-state index < -0.39 is 0 Å². The Labute approximate surface area is 122 Å². The lowest BCUT2D eigenvalue weighted by Crippen LogP contribution is -2.39. The summed E-state index contributed by atoms with van der Waals surface area (Å²) in [5, 5.41) is 0. The molecule has 1 aromatic rings. The number of hydrogen-bond acceptors (Lipinski definition) is 2. The topological polar surface area (TPSA) is 46.3 Å². The summed E-state index contributed by atoms with van der Waals surface area (Å²) >= 11 is 0. The number of rotatable bonds is 5. The summed E-state index contributed by atoms with van der Waals surface area (Å²) in [6.45, 7) is 6.65. The molecule has 0 spiro atoms. The van der Waals surface area contributed by atoms with Crippen LogP contribution in [0.1, 0.15) is 30.0 Å². The Bertz CT molecular complexity index is 421. The van der Waals surface area contributed by atoms with Crippen LogP contribution in [-0.2, 0) is 11.2 Å². The quantitative estimate of drug-likeness (QED) is 0.903. The Balaban J connectivity index is 0.00000324. The zero-order valence-electron chi connectivity index (χ0n) is 12.3. The van der Waals surface area contributed by atoms with Gasteiger partial charge in [-0.3, -0.25) is 4.79 Å². The Morgan fingerprint density at radius 3 is 2.53 bits per heavy atom. The van der Waals surface area contributed by atoms with Crippen LogP contribution in [0, 0.1) is 13.8 Å². The summed E-state index contributed by atoms with van der Waals surface area (Å²) in [7, 11) is 1.82. The summed E-state index contributed by atoms with van der Waals surface area (Å²) in [5.41, 5.74) is 9.34. The van der Waals surface area contributed by atoms with Crippen molar-refractivity contribution in [1.82, 2.24) is 4.90 Å². The number of nitrogens with zero attached hydrogens (tertiary/aromatic N) is 1. The SMILES string of the molecule is Cc1ccc(CCC(=O)N(C)C(C)CN)c(C)c1.Cl. The smallest absolute Gasteiger partial charge is 0.222 e. The molecule has 0 heterocycles. The van der Waals surface area contributed by atoms with Crippen LogP contribution in [0.15, 0.2) is 18.2 Å². The lowest BCUT2D eigenvalue weighted by molar-refractivity contribution is -0.131. The first-order chi connectivity index (χ1) is 8.45. The van der Waals surface area contributed by atoms with E-state index >= 15 is 0 Å². The maximum Gasteiger partial charge on any atom is 0.222 e. The van der Waals surface area contributed by atoms with E-state index in [0.29, 0.717) is 13.0 Å². The van der Waals surface area contributed by atoms with Crippen molar-refractivity contribution in [2.24, 2.45) is 5.73 Å². The highest BCUT2D eigenvalue weighted by Crippen LogP contribution is 2.13. The summed E-state index contributed by atoms with van der Waals surface area (Å²) < 4.78 is 0. The third-order valence-corrected chi connectivity index (χ3v) is 3.50. The summed E-state index contributed by atoms with van der Waals surface area (Å²) in [6.07, 6.45) is 1.34. The number of carbonyl (C=O) groups is 1. The predicted octanol–water partition coefficient (Wildman–Crippen LogP) is 2.46. The Kier molecular flexibility index (Phi) is 7.72. The normalized spacial score (nSPS) is 11.6. The fraction of sp³-hybridized carbons (Fsp3) is 0.533. The van der Waals surface area contributed by atoms with E-state index in [0.717, 1.165) is 6.42 Å². The zero-order chi connectivity index (χ0) is 13.7. The van der Waals surface area contributed by atoms with Crippen LogP contribution in [0.4, 0.5) is 0 Å². The van der Waals surface area contributed by atoms with Gasteiger partial charge in [0, 0.05) is 26.1 Å². The van der Waals surface area contributed by atoms with Gasteiger partial charge in [0.25, 0.3) is 0 Å². The molecule has 108 valence electrons. The van der Waals surface area contributed by atoms with E-state index in [-0.39, 0.29) is 24.4 Å². The summed E-state index contributed by atoms with van der Waals surface area (Å²) in [5.74, 6) is 0.160. The molecule has 4 heteroatoms. The second kappa shape index (κ2) is 8.18. The third-order valence-electron chi connectivity index (χ3n) is 3.50. The summed E-state index contributed by atoms with van der Waals surface area (Å²) in [6, 6.07) is 6.48. The van der Waals surface area contributed by atoms with Gasteiger partial charge >= 0.3 is 0 Å². The van der Waals surface area contributed by atoms with E-state index in [2.05, 4.69) is 32.0 Å². The molecular formula is C15H25ClN2O. The van der Waals surface area contributed by atoms with Crippen LogP contribution in [0.2, 0.25) is 0 Å². The van der Waals surface area contributed by atoms with Crippen molar-refractivity contribution in [3.05, 3.63) is 34.9 Å². The van der Waals surface area contributed by atoms with Crippen molar-refractivity contribution in [2.45, 2.75) is 39.7 Å². The molecule has 0 saturated carbocycles. The van der Waals surface area contributed by atoms with E-state index in [1.54, 1.807) is 4.90 Å². The van der Waals surface area contributed by atoms with Crippen LogP contribution in [0.5, 0.6) is 0 Å². The van der Waals surface area contributed by atoms with Gasteiger partial charge in [0.15, 0.2) is 0 Å². The van der Waals surface area contributed by atoms with Gasteiger partial charge in [-0.25, -0.2) is 0 Å². The van der Waals surface area contributed by atoms with Crippen molar-refractivity contribution in [3.63, 3.8) is 0 Å². The average Bonchev–Trinajstić information content (AvgIpc) is 2.35. The number of likely N-dealkylation sites (N-methyl/N-ethyl adjacent to an activating group) is 1. The Morgan fingerprint density at radius 1 is 1.37 bits per heavy atom. The molecule has 3 nitrogen and oxygen atoms in total. The molecule has 0 aliphatic carbocycles. The van der Waals surface area contributed by atoms with Gasteiger partial charge in [0.2, 0.25) is 5.91 Å². The lowest BCUT2D eigenvalue weighted by Gasteiger charge is -2.23. The maximum atomic E-state index is 12.0. The van der Waals surface area contributed by atoms with E-state index in [1.165, 1.54) is 16.7 Å². The van der Waals surface area contributed by atoms with Gasteiger partial charge in [-0.15, -0.1) is 12.4 Å². The monoisotopic (exact) mass is 284 g/mol. The molecule has 0 aliphatic heterocycles. The highest BCUT2D eigenvalue weighted by Gasteiger charge is 2.14. The minimum atomic E-state index is 0. The molecule has 1 aromatic carbocycles. The molecule has 1 unspecified atom stereocenters. The van der Waals surface area contributed by atoms with Gasteiger partial charge in [0.1, 0.15) is 0 Å². The first-order valence-corrected chi connectivity index (χ1v) is 6.47. The number of nitrogens with two attached hydrogens (primary N) is 1. The second-order valence-electron chi connectivity index (χ2n) is 5.02. The molecule has 0 fully saturated rings. The van der Waals surface area contributed by atoms with Crippen LogP contribution >= 0.6 is 12.4 Å². The minimum absolute atomic E-state index is 0. The number of hydrogen-bond donors (Lipinski definition) is 1. The predicted molar refractivity (Wildman–Crippen MR) is 82.8 cm³/mol. The van der Waals surface area contributed by atoms with Crippen molar-refractivity contribution in [3.8, 4) is 0 Å². The number of aryl methyl sites for hydroxylation is 3. The second-order valence-corrected chi connectivity index (χ2v) is 5.02. The van der Waals surface area contributed by atoms with Gasteiger partial charge in [-0.2, -0.15) is 0 Å². The van der Waals surface area contributed by atoms with Gasteiger partial charge in [-0.05, 0) is 38.3 Å². The van der Waals surface area contributed by atoms with E-state index in [4.69, 9.17) is 5.73 Å². The van der Waals surface area contributed by atoms with E-state index in [9.17, 15) is 4.79 Å². The molecule has 1 rings (SSSR count). The Hall–Kier alpha value is -1.06. The number of carbonyl (C=O) groups excluding carboxylic acids is 1. The van der Waals surface area contributed by atoms with Crippen molar-refractivity contribution in [1.29, 1.82) is 0 Å². The average molecular weight is 285 g/mol. The molecule has 0 radical (unpaired) electrons. The highest BCUT2D eigenvalue weighted by molar-refractivity contribution is 5.85. The standard InChI is InChI=1S/C15H24N2O.ClH/c1-11-5-6-14(12(2)9-11)7-8-15(18)17(4)13(3)10-16;/h5-6,9,13H,7-8,10,16H2,1-4H3;1H. The molecule has 19 heavy (non-hydrogen) atoms. The molecule has 2 N–H and O–H groups in total. The number of halogens is 1. The fourth-order valence-electron chi connectivity index (χ4n) is 1.95. The van der Waals surface area contributed by atoms with Crippen LogP contribution in [-0.4, -0.2) is 30.4 Å². The third kappa shape index (κ3) is 5.21. The molecule has 0 bridgehead atoms. The van der Waals surface area contributed by atoms with Crippen LogP contribution < -0.4 is 5.73 Å². The molecule has 0 aromatic heterocycles. The molecule has 1 amide bonds. The molecular weight excluding hydrogens is 260 g/mol. The summed E-state index contributed by atoms with van der Waals surface area (Å²) in [4.78, 5) is 13.7. The minimum Gasteiger partial charge on any atom is -0.342 e. The number of amides is 1. The molecule has 0 aliphatic rings. The highest BCUT2D eigenvalue weighted by atomic mass is 35.5. The van der Waals surface area contributed by atoms with Gasteiger partial charge in [-0.1, -0.05) is 23.8 Å². The van der Waals surface area contributed by atoms with E-state index in [1.807, 2.05) is 14.0 Å². The zero-order valence-corrected chi connectivity index (χ0v) is 13.1. The van der Waals surface area contributed by atoms with Crippen molar-refractivity contribution < 1.29 is 4.79 Å². The molecule has 1 atom stereocenters. The first-order valence-electron chi connectivity index (χ1n) is 6.47.